The van der Waals surface area contributed by atoms with E-state index in [1.165, 1.54) is 5.57 Å². The number of hydrogen-bond acceptors (Lipinski definition) is 4. The van der Waals surface area contributed by atoms with Gasteiger partial charge in [-0.05, 0) is 68.7 Å². The Labute approximate surface area is 200 Å². The summed E-state index contributed by atoms with van der Waals surface area (Å²) in [6.45, 7) is 9.26. The number of anilines is 2. The maximum atomic E-state index is 12.9. The molecule has 1 fully saturated rings. The molecule has 1 saturated heterocycles. The summed E-state index contributed by atoms with van der Waals surface area (Å²) in [6, 6.07) is 14.4. The van der Waals surface area contributed by atoms with Crippen molar-refractivity contribution in [1.29, 1.82) is 0 Å². The van der Waals surface area contributed by atoms with Crippen LogP contribution in [-0.2, 0) is 9.59 Å². The first-order chi connectivity index (χ1) is 16.2. The first kappa shape index (κ1) is 23.3. The lowest BCUT2D eigenvalue weighted by Crippen LogP contribution is -2.45. The molecule has 0 radical (unpaired) electrons. The van der Waals surface area contributed by atoms with Crippen molar-refractivity contribution in [3.8, 4) is 0 Å². The number of carbonyl (C=O) groups excluding carboxylic acids is 3. The van der Waals surface area contributed by atoms with Gasteiger partial charge >= 0.3 is 6.03 Å². The summed E-state index contributed by atoms with van der Waals surface area (Å²) in [5.74, 6) is -0.962. The van der Waals surface area contributed by atoms with Crippen molar-refractivity contribution < 1.29 is 14.4 Å². The number of carbonyl (C=O) groups is 3. The van der Waals surface area contributed by atoms with Crippen molar-refractivity contribution in [2.45, 2.75) is 39.7 Å². The second-order valence-electron chi connectivity index (χ2n) is 9.20. The third kappa shape index (κ3) is 4.59. The van der Waals surface area contributed by atoms with Gasteiger partial charge < -0.3 is 15.5 Å². The Balaban J connectivity index is 1.53. The third-order valence-electron chi connectivity index (χ3n) is 6.08. The molecule has 4 amide bonds. The highest BCUT2D eigenvalue weighted by Gasteiger charge is 2.35. The molecular weight excluding hydrogens is 428 g/mol. The predicted octanol–water partition coefficient (Wildman–Crippen LogP) is 4.63. The third-order valence-corrected chi connectivity index (χ3v) is 6.08. The van der Waals surface area contributed by atoms with Crippen LogP contribution in [0.2, 0.25) is 0 Å². The maximum Gasteiger partial charge on any atom is 0.329 e. The first-order valence-electron chi connectivity index (χ1n) is 11.5. The van der Waals surface area contributed by atoms with E-state index in [1.807, 2.05) is 18.2 Å². The van der Waals surface area contributed by atoms with Gasteiger partial charge in [0.2, 0.25) is 5.91 Å². The average Bonchev–Trinajstić information content (AvgIpc) is 3.04. The molecule has 0 bridgehead atoms. The smallest absolute Gasteiger partial charge is 0.329 e. The Morgan fingerprint density at radius 1 is 1.12 bits per heavy atom. The van der Waals surface area contributed by atoms with Gasteiger partial charge in [0.05, 0.1) is 5.54 Å². The van der Waals surface area contributed by atoms with E-state index in [9.17, 15) is 14.4 Å². The molecule has 2 aliphatic heterocycles. The Morgan fingerprint density at radius 2 is 1.85 bits per heavy atom. The number of urea groups is 1. The van der Waals surface area contributed by atoms with E-state index < -0.39 is 17.8 Å². The molecule has 7 nitrogen and oxygen atoms in total. The average molecular weight is 459 g/mol. The zero-order chi connectivity index (χ0) is 24.5. The minimum atomic E-state index is -0.607. The quantitative estimate of drug-likeness (QED) is 0.489. The maximum absolute atomic E-state index is 12.9. The van der Waals surface area contributed by atoms with Gasteiger partial charge in [0.25, 0.3) is 5.91 Å². The number of para-hydroxylation sites is 1. The topological polar surface area (TPSA) is 81.8 Å². The van der Waals surface area contributed by atoms with Crippen LogP contribution in [0.4, 0.5) is 16.2 Å². The van der Waals surface area contributed by atoms with E-state index in [1.54, 1.807) is 30.3 Å². The van der Waals surface area contributed by atoms with Gasteiger partial charge in [-0.1, -0.05) is 37.3 Å². The van der Waals surface area contributed by atoms with Crippen LogP contribution in [0.1, 0.15) is 45.2 Å². The number of allylic oxidation sites excluding steroid dienone is 1. The number of nitrogens with one attached hydrogen (secondary N) is 2. The lowest BCUT2D eigenvalue weighted by Gasteiger charge is -2.43. The standard InChI is InChI=1S/C27H30N4O3/c1-5-13-31-23-12-11-19(14-21(23)18(2)16-27(31,3)4)15-22-25(33)30(26(34)29-22)17-24(32)28-20-9-7-6-8-10-20/h6-12,14-16H,5,13,17H2,1-4H3,(H,28,32)(H,29,34)/b22-15+. The van der Waals surface area contributed by atoms with Crippen LogP contribution in [0.5, 0.6) is 0 Å². The van der Waals surface area contributed by atoms with Gasteiger partial charge in [0.1, 0.15) is 12.2 Å². The molecule has 2 aliphatic rings. The summed E-state index contributed by atoms with van der Waals surface area (Å²) in [6.07, 6.45) is 4.96. The van der Waals surface area contributed by atoms with Crippen LogP contribution >= 0.6 is 0 Å². The van der Waals surface area contributed by atoms with E-state index >= 15 is 0 Å². The Kier molecular flexibility index (Phi) is 6.28. The Hall–Kier alpha value is -3.87. The molecule has 2 N–H and O–H groups in total. The Morgan fingerprint density at radius 3 is 2.56 bits per heavy atom. The number of fused-ring (bicyclic) bond motifs is 1. The molecule has 0 unspecified atom stereocenters. The molecule has 0 aromatic heterocycles. The van der Waals surface area contributed by atoms with Crippen molar-refractivity contribution in [2.24, 2.45) is 0 Å². The number of benzene rings is 2. The molecule has 0 aliphatic carbocycles. The molecule has 2 aromatic rings. The summed E-state index contributed by atoms with van der Waals surface area (Å²) in [4.78, 5) is 40.9. The van der Waals surface area contributed by atoms with Crippen LogP contribution < -0.4 is 15.5 Å². The lowest BCUT2D eigenvalue weighted by molar-refractivity contribution is -0.127. The SMILES string of the molecule is CCCN1c2ccc(/C=C3/NC(=O)N(CC(=O)Nc4ccccc4)C3=O)cc2C(C)=CC1(C)C. The van der Waals surface area contributed by atoms with Crippen LogP contribution in [0.15, 0.2) is 60.3 Å². The van der Waals surface area contributed by atoms with Crippen LogP contribution in [0, 0.1) is 0 Å². The van der Waals surface area contributed by atoms with E-state index in [4.69, 9.17) is 0 Å². The van der Waals surface area contributed by atoms with E-state index in [-0.39, 0.29) is 17.8 Å². The van der Waals surface area contributed by atoms with Gasteiger partial charge in [-0.15, -0.1) is 0 Å². The second kappa shape index (κ2) is 9.17. The zero-order valence-corrected chi connectivity index (χ0v) is 20.0. The van der Waals surface area contributed by atoms with Crippen molar-refractivity contribution in [2.75, 3.05) is 23.3 Å². The summed E-state index contributed by atoms with van der Waals surface area (Å²) in [5, 5.41) is 5.29. The second-order valence-corrected chi connectivity index (χ2v) is 9.20. The number of nitrogens with zero attached hydrogens (tertiary/aromatic N) is 2. The van der Waals surface area contributed by atoms with Gasteiger partial charge in [0, 0.05) is 23.5 Å². The fourth-order valence-corrected chi connectivity index (χ4v) is 4.57. The largest absolute Gasteiger partial charge is 0.362 e. The van der Waals surface area contributed by atoms with Crippen molar-refractivity contribution in [3.63, 3.8) is 0 Å². The fraction of sp³-hybridized carbons (Fsp3) is 0.296. The van der Waals surface area contributed by atoms with Crippen molar-refractivity contribution >= 4 is 40.9 Å². The molecule has 7 heteroatoms. The van der Waals surface area contributed by atoms with Gasteiger partial charge in [0.15, 0.2) is 0 Å². The molecule has 2 heterocycles. The molecule has 2 aromatic carbocycles. The molecule has 4 rings (SSSR count). The number of amides is 4. The van der Waals surface area contributed by atoms with Crippen LogP contribution in [-0.4, -0.2) is 41.4 Å². The first-order valence-corrected chi connectivity index (χ1v) is 11.5. The van der Waals surface area contributed by atoms with E-state index in [2.05, 4.69) is 55.4 Å². The highest BCUT2D eigenvalue weighted by atomic mass is 16.2. The van der Waals surface area contributed by atoms with E-state index in [0.717, 1.165) is 34.7 Å². The van der Waals surface area contributed by atoms with Crippen LogP contribution in [0.25, 0.3) is 11.6 Å². The zero-order valence-electron chi connectivity index (χ0n) is 20.0. The van der Waals surface area contributed by atoms with Crippen molar-refractivity contribution in [1.82, 2.24) is 10.2 Å². The lowest BCUT2D eigenvalue weighted by atomic mass is 9.87. The van der Waals surface area contributed by atoms with E-state index in [0.29, 0.717) is 5.69 Å². The summed E-state index contributed by atoms with van der Waals surface area (Å²) in [5.41, 5.74) is 4.93. The summed E-state index contributed by atoms with van der Waals surface area (Å²) in [7, 11) is 0. The fourth-order valence-electron chi connectivity index (χ4n) is 4.57. The minimum Gasteiger partial charge on any atom is -0.362 e. The molecule has 0 spiro atoms. The molecular formula is C27H30N4O3. The molecule has 0 saturated carbocycles. The molecule has 34 heavy (non-hydrogen) atoms. The monoisotopic (exact) mass is 458 g/mol. The number of imide groups is 1. The van der Waals surface area contributed by atoms with Crippen molar-refractivity contribution in [3.05, 3.63) is 71.4 Å². The predicted molar refractivity (Wildman–Crippen MR) is 135 cm³/mol. The number of rotatable bonds is 6. The molecule has 176 valence electrons. The summed E-state index contributed by atoms with van der Waals surface area (Å²) < 4.78 is 0. The number of hydrogen-bond donors (Lipinski definition) is 2. The highest BCUT2D eigenvalue weighted by molar-refractivity contribution is 6.16. The van der Waals surface area contributed by atoms with Gasteiger partial charge in [-0.25, -0.2) is 9.69 Å². The molecule has 0 atom stereocenters. The Bertz CT molecular complexity index is 1200. The van der Waals surface area contributed by atoms with Gasteiger partial charge in [-0.3, -0.25) is 9.59 Å². The highest BCUT2D eigenvalue weighted by Crippen LogP contribution is 2.39. The summed E-state index contributed by atoms with van der Waals surface area (Å²) >= 11 is 0. The van der Waals surface area contributed by atoms with Gasteiger partial charge in [-0.2, -0.15) is 0 Å². The van der Waals surface area contributed by atoms with Crippen LogP contribution in [0.3, 0.4) is 0 Å². The minimum absolute atomic E-state index is 0.0801. The normalized spacial score (nSPS) is 18.0.